The minimum atomic E-state index is -0.0904. The van der Waals surface area contributed by atoms with E-state index in [1.54, 1.807) is 4.90 Å². The van der Waals surface area contributed by atoms with Crippen molar-refractivity contribution in [2.24, 2.45) is 0 Å². The summed E-state index contributed by atoms with van der Waals surface area (Å²) in [6.45, 7) is 0.587. The zero-order chi connectivity index (χ0) is 16.2. The van der Waals surface area contributed by atoms with Crippen LogP contribution in [0.3, 0.4) is 0 Å². The van der Waals surface area contributed by atoms with E-state index in [0.717, 1.165) is 21.3 Å². The van der Waals surface area contributed by atoms with E-state index in [2.05, 4.69) is 27.3 Å². The SMILES string of the molecule is N#CCCc1ccccc1C1CN(c2ccc(Br)cc2)C(=O)N1. The second-order valence-electron chi connectivity index (χ2n) is 5.45. The van der Waals surface area contributed by atoms with Gasteiger partial charge in [0.1, 0.15) is 0 Å². The number of nitriles is 1. The van der Waals surface area contributed by atoms with Gasteiger partial charge in [-0.1, -0.05) is 40.2 Å². The maximum absolute atomic E-state index is 12.3. The lowest BCUT2D eigenvalue weighted by Gasteiger charge is -2.16. The van der Waals surface area contributed by atoms with Crippen LogP contribution < -0.4 is 10.2 Å². The average Bonchev–Trinajstić information content (AvgIpc) is 2.95. The van der Waals surface area contributed by atoms with Crippen LogP contribution in [0.2, 0.25) is 0 Å². The molecule has 1 atom stereocenters. The largest absolute Gasteiger partial charge is 0.329 e. The molecule has 4 nitrogen and oxygen atoms in total. The van der Waals surface area contributed by atoms with Gasteiger partial charge in [0.25, 0.3) is 0 Å². The topological polar surface area (TPSA) is 56.1 Å². The Morgan fingerprint density at radius 1 is 1.22 bits per heavy atom. The lowest BCUT2D eigenvalue weighted by atomic mass is 9.97. The van der Waals surface area contributed by atoms with E-state index in [9.17, 15) is 4.79 Å². The maximum atomic E-state index is 12.3. The van der Waals surface area contributed by atoms with Gasteiger partial charge in [-0.05, 0) is 41.8 Å². The van der Waals surface area contributed by atoms with Crippen LogP contribution in [-0.4, -0.2) is 12.6 Å². The molecule has 1 heterocycles. The molecule has 5 heteroatoms. The number of nitrogens with one attached hydrogen (secondary N) is 1. The molecule has 0 saturated carbocycles. The monoisotopic (exact) mass is 369 g/mol. The van der Waals surface area contributed by atoms with E-state index in [-0.39, 0.29) is 12.1 Å². The number of anilines is 1. The lowest BCUT2D eigenvalue weighted by Crippen LogP contribution is -2.27. The van der Waals surface area contributed by atoms with Crippen molar-refractivity contribution in [3.8, 4) is 6.07 Å². The molecular weight excluding hydrogens is 354 g/mol. The van der Waals surface area contributed by atoms with Crippen molar-refractivity contribution in [3.05, 3.63) is 64.1 Å². The Balaban J connectivity index is 1.83. The summed E-state index contributed by atoms with van der Waals surface area (Å²) >= 11 is 3.41. The second-order valence-corrected chi connectivity index (χ2v) is 6.36. The molecule has 0 aromatic heterocycles. The summed E-state index contributed by atoms with van der Waals surface area (Å²) < 4.78 is 0.985. The Hall–Kier alpha value is -2.32. The van der Waals surface area contributed by atoms with E-state index >= 15 is 0 Å². The summed E-state index contributed by atoms with van der Waals surface area (Å²) in [7, 11) is 0. The average molecular weight is 370 g/mol. The van der Waals surface area contributed by atoms with Gasteiger partial charge in [-0.2, -0.15) is 5.26 Å². The summed E-state index contributed by atoms with van der Waals surface area (Å²) in [4.78, 5) is 14.1. The van der Waals surface area contributed by atoms with Crippen LogP contribution >= 0.6 is 15.9 Å². The van der Waals surface area contributed by atoms with Gasteiger partial charge in [0, 0.05) is 16.6 Å². The van der Waals surface area contributed by atoms with Crippen molar-refractivity contribution in [2.45, 2.75) is 18.9 Å². The molecule has 116 valence electrons. The fourth-order valence-corrected chi connectivity index (χ4v) is 3.11. The quantitative estimate of drug-likeness (QED) is 0.878. The Morgan fingerprint density at radius 2 is 1.96 bits per heavy atom. The highest BCUT2D eigenvalue weighted by Gasteiger charge is 2.31. The van der Waals surface area contributed by atoms with Crippen molar-refractivity contribution in [1.82, 2.24) is 5.32 Å². The van der Waals surface area contributed by atoms with Crippen LogP contribution in [0.15, 0.2) is 53.0 Å². The predicted molar refractivity (Wildman–Crippen MR) is 93.1 cm³/mol. The molecule has 0 bridgehead atoms. The molecule has 1 N–H and O–H groups in total. The summed E-state index contributed by atoms with van der Waals surface area (Å²) in [6, 6.07) is 17.7. The van der Waals surface area contributed by atoms with E-state index in [1.807, 2.05) is 48.5 Å². The number of nitrogens with zero attached hydrogens (tertiary/aromatic N) is 2. The van der Waals surface area contributed by atoms with Gasteiger partial charge in [-0.3, -0.25) is 4.90 Å². The van der Waals surface area contributed by atoms with Crippen molar-refractivity contribution in [1.29, 1.82) is 5.26 Å². The zero-order valence-electron chi connectivity index (χ0n) is 12.5. The maximum Gasteiger partial charge on any atom is 0.322 e. The van der Waals surface area contributed by atoms with Crippen LogP contribution in [0.4, 0.5) is 10.5 Å². The van der Waals surface area contributed by atoms with Gasteiger partial charge < -0.3 is 5.32 Å². The van der Waals surface area contributed by atoms with E-state index in [1.165, 1.54) is 0 Å². The Kier molecular flexibility index (Phi) is 4.63. The first-order valence-corrected chi connectivity index (χ1v) is 8.26. The van der Waals surface area contributed by atoms with Gasteiger partial charge >= 0.3 is 6.03 Å². The molecule has 1 saturated heterocycles. The minimum absolute atomic E-state index is 0.0546. The molecule has 0 radical (unpaired) electrons. The smallest absolute Gasteiger partial charge is 0.322 e. The number of benzene rings is 2. The molecule has 0 spiro atoms. The molecule has 1 unspecified atom stereocenters. The highest BCUT2D eigenvalue weighted by atomic mass is 79.9. The normalized spacial score (nSPS) is 17.0. The molecular formula is C18H16BrN3O. The number of aryl methyl sites for hydroxylation is 1. The standard InChI is InChI=1S/C18H16BrN3O/c19-14-7-9-15(10-8-14)22-12-17(21-18(22)23)16-6-2-1-4-13(16)5-3-11-20/h1-2,4,6-10,17H,3,5,12H2,(H,21,23). The van der Waals surface area contributed by atoms with Gasteiger partial charge in [0.2, 0.25) is 0 Å². The lowest BCUT2D eigenvalue weighted by molar-refractivity contribution is 0.251. The highest BCUT2D eigenvalue weighted by Crippen LogP contribution is 2.28. The summed E-state index contributed by atoms with van der Waals surface area (Å²) in [5.74, 6) is 0. The van der Waals surface area contributed by atoms with Gasteiger partial charge in [-0.15, -0.1) is 0 Å². The third-order valence-corrected chi connectivity index (χ3v) is 4.51. The first-order chi connectivity index (χ1) is 11.2. The number of hydrogen-bond donors (Lipinski definition) is 1. The molecule has 1 fully saturated rings. The fourth-order valence-electron chi connectivity index (χ4n) is 2.85. The van der Waals surface area contributed by atoms with Crippen LogP contribution in [0.25, 0.3) is 0 Å². The van der Waals surface area contributed by atoms with E-state index < -0.39 is 0 Å². The summed E-state index contributed by atoms with van der Waals surface area (Å²) in [5, 5.41) is 11.8. The first kappa shape index (κ1) is 15.6. The minimum Gasteiger partial charge on any atom is -0.329 e. The molecule has 3 rings (SSSR count). The molecule has 2 amide bonds. The van der Waals surface area contributed by atoms with E-state index in [0.29, 0.717) is 19.4 Å². The van der Waals surface area contributed by atoms with Crippen molar-refractivity contribution < 1.29 is 4.79 Å². The summed E-state index contributed by atoms with van der Waals surface area (Å²) in [5.41, 5.74) is 3.09. The number of carbonyl (C=O) groups excluding carboxylic acids is 1. The zero-order valence-corrected chi connectivity index (χ0v) is 14.1. The molecule has 0 aliphatic carbocycles. The van der Waals surface area contributed by atoms with E-state index in [4.69, 9.17) is 5.26 Å². The van der Waals surface area contributed by atoms with Gasteiger partial charge in [-0.25, -0.2) is 4.79 Å². The number of urea groups is 1. The van der Waals surface area contributed by atoms with Crippen LogP contribution in [0, 0.1) is 11.3 Å². The molecule has 23 heavy (non-hydrogen) atoms. The molecule has 2 aromatic carbocycles. The van der Waals surface area contributed by atoms with Crippen LogP contribution in [-0.2, 0) is 6.42 Å². The third kappa shape index (κ3) is 3.38. The fraction of sp³-hybridized carbons (Fsp3) is 0.222. The van der Waals surface area contributed by atoms with Crippen LogP contribution in [0.1, 0.15) is 23.6 Å². The highest BCUT2D eigenvalue weighted by molar-refractivity contribution is 9.10. The van der Waals surface area contributed by atoms with Gasteiger partial charge in [0.05, 0.1) is 18.7 Å². The number of hydrogen-bond acceptors (Lipinski definition) is 2. The summed E-state index contributed by atoms with van der Waals surface area (Å²) in [6.07, 6.45) is 1.19. The van der Waals surface area contributed by atoms with Crippen LogP contribution in [0.5, 0.6) is 0 Å². The Bertz CT molecular complexity index is 752. The third-order valence-electron chi connectivity index (χ3n) is 3.98. The van der Waals surface area contributed by atoms with Gasteiger partial charge in [0.15, 0.2) is 0 Å². The number of amides is 2. The Morgan fingerprint density at radius 3 is 2.70 bits per heavy atom. The number of carbonyl (C=O) groups is 1. The molecule has 1 aliphatic rings. The van der Waals surface area contributed by atoms with Crippen molar-refractivity contribution in [2.75, 3.05) is 11.4 Å². The van der Waals surface area contributed by atoms with Crippen molar-refractivity contribution >= 4 is 27.6 Å². The molecule has 1 aliphatic heterocycles. The Labute approximate surface area is 143 Å². The number of halogens is 1. The van der Waals surface area contributed by atoms with Crippen molar-refractivity contribution in [3.63, 3.8) is 0 Å². The second kappa shape index (κ2) is 6.84. The predicted octanol–water partition coefficient (Wildman–Crippen LogP) is 4.18. The molecule has 2 aromatic rings. The number of rotatable bonds is 4. The first-order valence-electron chi connectivity index (χ1n) is 7.47.